The van der Waals surface area contributed by atoms with Crippen LogP contribution in [-0.4, -0.2) is 30.5 Å². The van der Waals surface area contributed by atoms with Crippen molar-refractivity contribution in [3.05, 3.63) is 47.1 Å². The number of halogens is 1. The van der Waals surface area contributed by atoms with Gasteiger partial charge in [-0.05, 0) is 36.8 Å². The second-order valence-corrected chi connectivity index (χ2v) is 6.37. The monoisotopic (exact) mass is 359 g/mol. The van der Waals surface area contributed by atoms with E-state index in [9.17, 15) is 9.59 Å². The van der Waals surface area contributed by atoms with Crippen molar-refractivity contribution >= 4 is 34.9 Å². The van der Waals surface area contributed by atoms with Gasteiger partial charge in [-0.15, -0.1) is 0 Å². The van der Waals surface area contributed by atoms with Crippen LogP contribution < -0.4 is 15.0 Å². The van der Waals surface area contributed by atoms with Gasteiger partial charge >= 0.3 is 0 Å². The highest BCUT2D eigenvalue weighted by Crippen LogP contribution is 2.35. The minimum atomic E-state index is -0.459. The summed E-state index contributed by atoms with van der Waals surface area (Å²) in [5.74, 6) is 0.186. The van der Waals surface area contributed by atoms with Gasteiger partial charge in [0.2, 0.25) is 11.8 Å². The van der Waals surface area contributed by atoms with Crippen molar-refractivity contribution < 1.29 is 14.3 Å². The number of anilines is 2. The Balaban J connectivity index is 1.75. The number of aromatic nitrogens is 1. The number of nitrogens with one attached hydrogen (secondary N) is 1. The number of carbonyl (C=O) groups excluding carboxylic acids is 2. The molecule has 0 radical (unpaired) electrons. The number of carbonyl (C=O) groups is 2. The Hall–Kier alpha value is -2.60. The quantitative estimate of drug-likeness (QED) is 0.910. The molecule has 1 aliphatic heterocycles. The van der Waals surface area contributed by atoms with Crippen LogP contribution in [0.5, 0.6) is 5.75 Å². The molecule has 0 saturated carbocycles. The molecule has 1 atom stereocenters. The maximum absolute atomic E-state index is 12.5. The summed E-state index contributed by atoms with van der Waals surface area (Å²) in [4.78, 5) is 30.6. The fourth-order valence-electron chi connectivity index (χ4n) is 2.76. The van der Waals surface area contributed by atoms with Crippen LogP contribution in [0.3, 0.4) is 0 Å². The van der Waals surface area contributed by atoms with E-state index in [1.54, 1.807) is 30.5 Å². The van der Waals surface area contributed by atoms with Gasteiger partial charge < -0.3 is 15.0 Å². The number of pyridine rings is 1. The molecule has 0 aliphatic carbocycles. The smallest absolute Gasteiger partial charge is 0.230 e. The van der Waals surface area contributed by atoms with Gasteiger partial charge in [0, 0.05) is 24.2 Å². The lowest BCUT2D eigenvalue weighted by Crippen LogP contribution is -2.28. The molecule has 0 spiro atoms. The van der Waals surface area contributed by atoms with E-state index in [2.05, 4.69) is 10.3 Å². The number of ether oxygens (including phenoxy) is 1. The SMILES string of the molecule is COc1ccc(Cl)cc1N1C[C@H](C(=O)Nc2ccc(C)cn2)CC1=O. The van der Waals surface area contributed by atoms with Gasteiger partial charge in [0.1, 0.15) is 11.6 Å². The predicted octanol–water partition coefficient (Wildman–Crippen LogP) is 3.04. The lowest BCUT2D eigenvalue weighted by atomic mass is 10.1. The standard InChI is InChI=1S/C18H18ClN3O3/c1-11-3-6-16(20-9-11)21-18(24)12-7-17(23)22(10-12)14-8-13(19)4-5-15(14)25-2/h3-6,8-9,12H,7,10H2,1-2H3,(H,20,21,24)/t12-/m1/s1. The van der Waals surface area contributed by atoms with Gasteiger partial charge in [-0.2, -0.15) is 0 Å². The Morgan fingerprint density at radius 1 is 1.36 bits per heavy atom. The highest BCUT2D eigenvalue weighted by molar-refractivity contribution is 6.31. The lowest BCUT2D eigenvalue weighted by molar-refractivity contribution is -0.122. The zero-order chi connectivity index (χ0) is 18.0. The van der Waals surface area contributed by atoms with E-state index < -0.39 is 5.92 Å². The molecular weight excluding hydrogens is 342 g/mol. The first kappa shape index (κ1) is 17.2. The summed E-state index contributed by atoms with van der Waals surface area (Å²) >= 11 is 6.04. The topological polar surface area (TPSA) is 71.5 Å². The van der Waals surface area contributed by atoms with Crippen LogP contribution in [0.1, 0.15) is 12.0 Å². The molecule has 2 heterocycles. The average molecular weight is 360 g/mol. The Kier molecular flexibility index (Phi) is 4.90. The number of rotatable bonds is 4. The highest BCUT2D eigenvalue weighted by Gasteiger charge is 2.36. The van der Waals surface area contributed by atoms with Gasteiger partial charge in [0.25, 0.3) is 0 Å². The van der Waals surface area contributed by atoms with Crippen LogP contribution in [-0.2, 0) is 9.59 Å². The molecule has 1 aromatic heterocycles. The Morgan fingerprint density at radius 3 is 2.84 bits per heavy atom. The average Bonchev–Trinajstić information content (AvgIpc) is 2.98. The molecule has 1 saturated heterocycles. The second-order valence-electron chi connectivity index (χ2n) is 5.93. The molecular formula is C18H18ClN3O3. The molecule has 1 N–H and O–H groups in total. The summed E-state index contributed by atoms with van der Waals surface area (Å²) in [6.45, 7) is 2.19. The maximum atomic E-state index is 12.5. The van der Waals surface area contributed by atoms with Crippen molar-refractivity contribution in [2.75, 3.05) is 23.9 Å². The maximum Gasteiger partial charge on any atom is 0.230 e. The summed E-state index contributed by atoms with van der Waals surface area (Å²) in [5, 5.41) is 3.26. The Morgan fingerprint density at radius 2 is 2.16 bits per heavy atom. The Bertz CT molecular complexity index is 808. The van der Waals surface area contributed by atoms with Gasteiger partial charge in [-0.3, -0.25) is 9.59 Å². The first-order valence-corrected chi connectivity index (χ1v) is 8.23. The van der Waals surface area contributed by atoms with Gasteiger partial charge in [0.05, 0.1) is 18.7 Å². The molecule has 2 aromatic rings. The number of methoxy groups -OCH3 is 1. The lowest BCUT2D eigenvalue weighted by Gasteiger charge is -2.19. The van der Waals surface area contributed by atoms with Crippen molar-refractivity contribution in [3.63, 3.8) is 0 Å². The Labute approximate surface area is 150 Å². The number of nitrogens with zero attached hydrogens (tertiary/aromatic N) is 2. The van der Waals surface area contributed by atoms with Crippen LogP contribution in [0, 0.1) is 12.8 Å². The minimum absolute atomic E-state index is 0.132. The van der Waals surface area contributed by atoms with Crippen molar-refractivity contribution in [2.24, 2.45) is 5.92 Å². The van der Waals surface area contributed by atoms with Gasteiger partial charge in [-0.25, -0.2) is 4.98 Å². The third-order valence-corrected chi connectivity index (χ3v) is 4.33. The van der Waals surface area contributed by atoms with Crippen LogP contribution in [0.2, 0.25) is 5.02 Å². The number of aryl methyl sites for hydroxylation is 1. The summed E-state index contributed by atoms with van der Waals surface area (Å²) in [7, 11) is 1.53. The zero-order valence-electron chi connectivity index (χ0n) is 14.0. The molecule has 1 fully saturated rings. The van der Waals surface area contributed by atoms with Crippen molar-refractivity contribution in [1.29, 1.82) is 0 Å². The van der Waals surface area contributed by atoms with Crippen molar-refractivity contribution in [2.45, 2.75) is 13.3 Å². The minimum Gasteiger partial charge on any atom is -0.495 e. The third kappa shape index (κ3) is 3.74. The number of benzene rings is 1. The van der Waals surface area contributed by atoms with Gasteiger partial charge in [0.15, 0.2) is 0 Å². The fraction of sp³-hybridized carbons (Fsp3) is 0.278. The molecule has 0 bridgehead atoms. The van der Waals surface area contributed by atoms with E-state index in [0.717, 1.165) is 5.56 Å². The van der Waals surface area contributed by atoms with Crippen LogP contribution in [0.15, 0.2) is 36.5 Å². The summed E-state index contributed by atoms with van der Waals surface area (Å²) in [6.07, 6.45) is 1.81. The molecule has 1 aromatic carbocycles. The summed E-state index contributed by atoms with van der Waals surface area (Å²) in [6, 6.07) is 8.67. The third-order valence-electron chi connectivity index (χ3n) is 4.09. The first-order valence-electron chi connectivity index (χ1n) is 7.85. The van der Waals surface area contributed by atoms with E-state index >= 15 is 0 Å². The van der Waals surface area contributed by atoms with Crippen LogP contribution >= 0.6 is 11.6 Å². The van der Waals surface area contributed by atoms with Gasteiger partial charge in [-0.1, -0.05) is 17.7 Å². The molecule has 1 aliphatic rings. The molecule has 2 amide bonds. The molecule has 25 heavy (non-hydrogen) atoms. The largest absolute Gasteiger partial charge is 0.495 e. The van der Waals surface area contributed by atoms with Crippen molar-refractivity contribution in [3.8, 4) is 5.75 Å². The number of hydrogen-bond donors (Lipinski definition) is 1. The van der Waals surface area contributed by atoms with E-state index in [1.807, 2.05) is 13.0 Å². The van der Waals surface area contributed by atoms with E-state index in [4.69, 9.17) is 16.3 Å². The fourth-order valence-corrected chi connectivity index (χ4v) is 2.93. The first-order chi connectivity index (χ1) is 12.0. The second kappa shape index (κ2) is 7.11. The van der Waals surface area contributed by atoms with E-state index in [1.165, 1.54) is 12.0 Å². The molecule has 130 valence electrons. The molecule has 3 rings (SSSR count). The van der Waals surface area contributed by atoms with Crippen molar-refractivity contribution in [1.82, 2.24) is 4.98 Å². The molecule has 7 heteroatoms. The molecule has 6 nitrogen and oxygen atoms in total. The summed E-state index contributed by atoms with van der Waals surface area (Å²) < 4.78 is 5.30. The molecule has 0 unspecified atom stereocenters. The number of amides is 2. The van der Waals surface area contributed by atoms with E-state index in [0.29, 0.717) is 22.3 Å². The normalized spacial score (nSPS) is 16.8. The zero-order valence-corrected chi connectivity index (χ0v) is 14.7. The highest BCUT2D eigenvalue weighted by atomic mass is 35.5. The predicted molar refractivity (Wildman–Crippen MR) is 96.1 cm³/mol. The van der Waals surface area contributed by atoms with E-state index in [-0.39, 0.29) is 24.8 Å². The van der Waals surface area contributed by atoms with Crippen LogP contribution in [0.25, 0.3) is 0 Å². The summed E-state index contributed by atoms with van der Waals surface area (Å²) in [5.41, 5.74) is 1.58. The van der Waals surface area contributed by atoms with Crippen LogP contribution in [0.4, 0.5) is 11.5 Å². The number of hydrogen-bond acceptors (Lipinski definition) is 4.